The molecule has 2 rings (SSSR count). The second-order valence-electron chi connectivity index (χ2n) is 8.19. The van der Waals surface area contributed by atoms with E-state index >= 15 is 0 Å². The highest BCUT2D eigenvalue weighted by Gasteiger charge is 2.22. The molecule has 1 aromatic heterocycles. The summed E-state index contributed by atoms with van der Waals surface area (Å²) in [6, 6.07) is 4.95. The fourth-order valence-electron chi connectivity index (χ4n) is 2.89. The molecule has 0 saturated carbocycles. The standard InChI is InChI=1S/C21H30N4O2/c1-13(2)18-22-11-12-25(18)15(4)19(26)23-17-10-8-9-16(14(17)3)20(27)24-21(5,6)7/h8-13,15H,1-7H3,(H,23,26)(H,24,27)/t15-/m0/s1. The fourth-order valence-corrected chi connectivity index (χ4v) is 2.89. The van der Waals surface area contributed by atoms with Crippen LogP contribution in [0.1, 0.15) is 75.2 Å². The van der Waals surface area contributed by atoms with Gasteiger partial charge in [-0.2, -0.15) is 0 Å². The molecule has 0 radical (unpaired) electrons. The van der Waals surface area contributed by atoms with Gasteiger partial charge in [0, 0.05) is 35.1 Å². The summed E-state index contributed by atoms with van der Waals surface area (Å²) >= 11 is 0. The molecule has 0 bridgehead atoms. The molecular weight excluding hydrogens is 340 g/mol. The Morgan fingerprint density at radius 2 is 1.81 bits per heavy atom. The number of carbonyl (C=O) groups is 2. The number of aromatic nitrogens is 2. The van der Waals surface area contributed by atoms with E-state index in [1.807, 2.05) is 65.3 Å². The summed E-state index contributed by atoms with van der Waals surface area (Å²) in [5.41, 5.74) is 1.61. The lowest BCUT2D eigenvalue weighted by molar-refractivity contribution is -0.118. The molecule has 0 aliphatic rings. The predicted octanol–water partition coefficient (Wildman–Crippen LogP) is 4.04. The zero-order valence-electron chi connectivity index (χ0n) is 17.3. The van der Waals surface area contributed by atoms with E-state index in [2.05, 4.69) is 15.6 Å². The maximum atomic E-state index is 12.8. The number of rotatable bonds is 5. The molecule has 0 saturated heterocycles. The van der Waals surface area contributed by atoms with E-state index in [-0.39, 0.29) is 23.3 Å². The Labute approximate surface area is 161 Å². The van der Waals surface area contributed by atoms with E-state index in [0.29, 0.717) is 11.3 Å². The van der Waals surface area contributed by atoms with Crippen LogP contribution < -0.4 is 10.6 Å². The quantitative estimate of drug-likeness (QED) is 0.834. The number of benzene rings is 1. The highest BCUT2D eigenvalue weighted by molar-refractivity contribution is 6.00. The monoisotopic (exact) mass is 370 g/mol. The van der Waals surface area contributed by atoms with Gasteiger partial charge < -0.3 is 15.2 Å². The van der Waals surface area contributed by atoms with Gasteiger partial charge in [-0.1, -0.05) is 19.9 Å². The molecule has 0 aliphatic heterocycles. The Balaban J connectivity index is 2.22. The highest BCUT2D eigenvalue weighted by atomic mass is 16.2. The Hall–Kier alpha value is -2.63. The van der Waals surface area contributed by atoms with Crippen LogP contribution in [0.4, 0.5) is 5.69 Å². The zero-order chi connectivity index (χ0) is 20.4. The molecule has 0 aliphatic carbocycles. The SMILES string of the molecule is Cc1c(NC(=O)[C@H](C)n2ccnc2C(C)C)cccc1C(=O)NC(C)(C)C. The first-order valence-corrected chi connectivity index (χ1v) is 9.27. The minimum atomic E-state index is -0.406. The molecule has 2 amide bonds. The minimum Gasteiger partial charge on any atom is -0.347 e. The summed E-state index contributed by atoms with van der Waals surface area (Å²) in [6.45, 7) is 13.6. The predicted molar refractivity (Wildman–Crippen MR) is 108 cm³/mol. The van der Waals surface area contributed by atoms with Crippen LogP contribution in [0, 0.1) is 6.92 Å². The van der Waals surface area contributed by atoms with Gasteiger partial charge in [-0.05, 0) is 52.3 Å². The maximum absolute atomic E-state index is 12.8. The van der Waals surface area contributed by atoms with Crippen LogP contribution in [-0.4, -0.2) is 26.9 Å². The van der Waals surface area contributed by atoms with E-state index in [9.17, 15) is 9.59 Å². The summed E-state index contributed by atoms with van der Waals surface area (Å²) in [4.78, 5) is 29.7. The summed E-state index contributed by atoms with van der Waals surface area (Å²) < 4.78 is 1.88. The largest absolute Gasteiger partial charge is 0.347 e. The molecule has 27 heavy (non-hydrogen) atoms. The van der Waals surface area contributed by atoms with E-state index < -0.39 is 6.04 Å². The van der Waals surface area contributed by atoms with Crippen LogP contribution in [0.3, 0.4) is 0 Å². The van der Waals surface area contributed by atoms with Crippen LogP contribution in [0.15, 0.2) is 30.6 Å². The van der Waals surface area contributed by atoms with Gasteiger partial charge in [0.2, 0.25) is 5.91 Å². The highest BCUT2D eigenvalue weighted by Crippen LogP contribution is 2.23. The second kappa shape index (κ2) is 7.94. The summed E-state index contributed by atoms with van der Waals surface area (Å²) in [6.07, 6.45) is 3.53. The van der Waals surface area contributed by atoms with Gasteiger partial charge in [-0.3, -0.25) is 9.59 Å². The molecule has 6 nitrogen and oxygen atoms in total. The lowest BCUT2D eigenvalue weighted by atomic mass is 10.0. The number of nitrogens with zero attached hydrogens (tertiary/aromatic N) is 2. The molecule has 6 heteroatoms. The maximum Gasteiger partial charge on any atom is 0.252 e. The van der Waals surface area contributed by atoms with E-state index in [4.69, 9.17) is 0 Å². The fraction of sp³-hybridized carbons (Fsp3) is 0.476. The van der Waals surface area contributed by atoms with Gasteiger partial charge in [0.05, 0.1) is 0 Å². The Morgan fingerprint density at radius 1 is 1.15 bits per heavy atom. The molecule has 146 valence electrons. The van der Waals surface area contributed by atoms with Crippen molar-refractivity contribution in [1.29, 1.82) is 0 Å². The third kappa shape index (κ3) is 4.96. The van der Waals surface area contributed by atoms with Crippen molar-refractivity contribution in [2.45, 2.75) is 66.0 Å². The van der Waals surface area contributed by atoms with E-state index in [0.717, 1.165) is 11.4 Å². The molecule has 1 heterocycles. The van der Waals surface area contributed by atoms with Gasteiger partial charge in [0.1, 0.15) is 11.9 Å². The lowest BCUT2D eigenvalue weighted by Gasteiger charge is -2.22. The number of hydrogen-bond donors (Lipinski definition) is 2. The second-order valence-corrected chi connectivity index (χ2v) is 8.19. The van der Waals surface area contributed by atoms with Gasteiger partial charge in [-0.25, -0.2) is 4.98 Å². The van der Waals surface area contributed by atoms with Crippen LogP contribution in [0.5, 0.6) is 0 Å². The number of imidazole rings is 1. The molecule has 1 aromatic carbocycles. The van der Waals surface area contributed by atoms with Crippen molar-refractivity contribution in [2.75, 3.05) is 5.32 Å². The van der Waals surface area contributed by atoms with Crippen molar-refractivity contribution >= 4 is 17.5 Å². The normalized spacial score (nSPS) is 12.7. The smallest absolute Gasteiger partial charge is 0.252 e. The first-order chi connectivity index (χ1) is 12.5. The molecule has 1 atom stereocenters. The molecule has 0 fully saturated rings. The first kappa shape index (κ1) is 20.7. The Morgan fingerprint density at radius 3 is 2.41 bits per heavy atom. The van der Waals surface area contributed by atoms with Gasteiger partial charge >= 0.3 is 0 Å². The Kier molecular flexibility index (Phi) is 6.08. The van der Waals surface area contributed by atoms with Gasteiger partial charge in [-0.15, -0.1) is 0 Å². The third-order valence-corrected chi connectivity index (χ3v) is 4.34. The number of anilines is 1. The van der Waals surface area contributed by atoms with Crippen LogP contribution >= 0.6 is 0 Å². The van der Waals surface area contributed by atoms with Crippen LogP contribution in [0.25, 0.3) is 0 Å². The number of amides is 2. The topological polar surface area (TPSA) is 76.0 Å². The summed E-state index contributed by atoms with van der Waals surface area (Å²) in [5, 5.41) is 5.91. The number of hydrogen-bond acceptors (Lipinski definition) is 3. The van der Waals surface area contributed by atoms with Crippen molar-refractivity contribution in [3.63, 3.8) is 0 Å². The van der Waals surface area contributed by atoms with Gasteiger partial charge in [0.25, 0.3) is 5.91 Å². The van der Waals surface area contributed by atoms with Crippen molar-refractivity contribution in [3.8, 4) is 0 Å². The first-order valence-electron chi connectivity index (χ1n) is 9.27. The zero-order valence-corrected chi connectivity index (χ0v) is 17.3. The molecule has 2 N–H and O–H groups in total. The van der Waals surface area contributed by atoms with Crippen molar-refractivity contribution < 1.29 is 9.59 Å². The third-order valence-electron chi connectivity index (χ3n) is 4.34. The molecular formula is C21H30N4O2. The van der Waals surface area contributed by atoms with Crippen LogP contribution in [-0.2, 0) is 4.79 Å². The van der Waals surface area contributed by atoms with Crippen molar-refractivity contribution in [2.24, 2.45) is 0 Å². The number of carbonyl (C=O) groups excluding carboxylic acids is 2. The Bertz CT molecular complexity index is 831. The molecule has 0 spiro atoms. The van der Waals surface area contributed by atoms with E-state index in [1.165, 1.54) is 0 Å². The average molecular weight is 370 g/mol. The minimum absolute atomic E-state index is 0.147. The molecule has 2 aromatic rings. The number of nitrogens with one attached hydrogen (secondary N) is 2. The summed E-state index contributed by atoms with van der Waals surface area (Å²) in [5.74, 6) is 0.793. The average Bonchev–Trinajstić information content (AvgIpc) is 3.04. The van der Waals surface area contributed by atoms with Gasteiger partial charge in [0.15, 0.2) is 0 Å². The van der Waals surface area contributed by atoms with Crippen molar-refractivity contribution in [1.82, 2.24) is 14.9 Å². The van der Waals surface area contributed by atoms with Crippen molar-refractivity contribution in [3.05, 3.63) is 47.5 Å². The summed E-state index contributed by atoms with van der Waals surface area (Å²) in [7, 11) is 0. The molecule has 0 unspecified atom stereocenters. The van der Waals surface area contributed by atoms with Crippen LogP contribution in [0.2, 0.25) is 0 Å². The van der Waals surface area contributed by atoms with E-state index in [1.54, 1.807) is 18.3 Å². The lowest BCUT2D eigenvalue weighted by Crippen LogP contribution is -2.40.